The van der Waals surface area contributed by atoms with E-state index in [1.165, 1.54) is 43.7 Å². The minimum atomic E-state index is -0.734. The first kappa shape index (κ1) is 24.4. The molecule has 1 aliphatic rings. The first-order chi connectivity index (χ1) is 15.6. The highest BCUT2D eigenvalue weighted by Crippen LogP contribution is 2.29. The van der Waals surface area contributed by atoms with Crippen LogP contribution in [0, 0.1) is 11.7 Å². The molecule has 0 radical (unpaired) electrons. The summed E-state index contributed by atoms with van der Waals surface area (Å²) in [7, 11) is 0. The molecule has 0 aliphatic carbocycles. The van der Waals surface area contributed by atoms with Crippen molar-refractivity contribution in [1.29, 1.82) is 0 Å². The zero-order chi connectivity index (χ0) is 22.8. The zero-order valence-corrected chi connectivity index (χ0v) is 19.3. The number of aryl methyl sites for hydroxylation is 1. The van der Waals surface area contributed by atoms with E-state index in [4.69, 9.17) is 14.2 Å². The molecule has 4 nitrogen and oxygen atoms in total. The summed E-state index contributed by atoms with van der Waals surface area (Å²) in [6, 6.07) is 11.8. The summed E-state index contributed by atoms with van der Waals surface area (Å²) in [5, 5.41) is 0. The van der Waals surface area contributed by atoms with Gasteiger partial charge in [0.25, 0.3) is 0 Å². The molecule has 3 rings (SSSR count). The number of hydrogen-bond donors (Lipinski definition) is 0. The second-order valence-corrected chi connectivity index (χ2v) is 8.59. The molecular weight excluding hydrogens is 407 g/mol. The van der Waals surface area contributed by atoms with Crippen LogP contribution in [0.15, 0.2) is 42.5 Å². The molecule has 0 atom stereocenters. The molecule has 0 unspecified atom stereocenters. The summed E-state index contributed by atoms with van der Waals surface area (Å²) < 4.78 is 31.5. The van der Waals surface area contributed by atoms with E-state index in [2.05, 4.69) is 13.8 Å². The Morgan fingerprint density at radius 1 is 0.969 bits per heavy atom. The van der Waals surface area contributed by atoms with Gasteiger partial charge in [-0.3, -0.25) is 0 Å². The van der Waals surface area contributed by atoms with Crippen molar-refractivity contribution in [1.82, 2.24) is 0 Å². The van der Waals surface area contributed by atoms with E-state index in [1.807, 2.05) is 12.1 Å². The lowest BCUT2D eigenvalue weighted by Crippen LogP contribution is -2.27. The average Bonchev–Trinajstić information content (AvgIpc) is 2.81. The molecule has 0 N–H and O–H groups in total. The van der Waals surface area contributed by atoms with Gasteiger partial charge in [0.15, 0.2) is 6.29 Å². The molecule has 0 saturated carbocycles. The van der Waals surface area contributed by atoms with Crippen molar-refractivity contribution in [2.45, 2.75) is 71.5 Å². The molecular formula is C27H35FO4. The maximum atomic E-state index is 14.7. The van der Waals surface area contributed by atoms with Gasteiger partial charge in [-0.15, -0.1) is 0 Å². The Balaban J connectivity index is 1.51. The van der Waals surface area contributed by atoms with Crippen molar-refractivity contribution in [3.8, 4) is 5.75 Å². The third-order valence-electron chi connectivity index (χ3n) is 5.86. The van der Waals surface area contributed by atoms with Gasteiger partial charge in [0.05, 0.1) is 18.8 Å². The largest absolute Gasteiger partial charge is 0.423 e. The SMILES string of the molecule is CCCCCCCc1ccc(OC(=O)c2ccc(C3OCC(CCC)CO3)c(F)c2)cc1. The second-order valence-electron chi connectivity index (χ2n) is 8.59. The van der Waals surface area contributed by atoms with Crippen LogP contribution in [0.4, 0.5) is 4.39 Å². The highest BCUT2D eigenvalue weighted by molar-refractivity contribution is 5.91. The maximum Gasteiger partial charge on any atom is 0.343 e. The Bertz CT molecular complexity index is 841. The minimum absolute atomic E-state index is 0.158. The van der Waals surface area contributed by atoms with Crippen LogP contribution >= 0.6 is 0 Å². The van der Waals surface area contributed by atoms with Gasteiger partial charge >= 0.3 is 5.97 Å². The number of ether oxygens (including phenoxy) is 3. The van der Waals surface area contributed by atoms with E-state index in [0.717, 1.165) is 19.3 Å². The third-order valence-corrected chi connectivity index (χ3v) is 5.86. The topological polar surface area (TPSA) is 44.8 Å². The first-order valence-electron chi connectivity index (χ1n) is 11.9. The molecule has 1 fully saturated rings. The fourth-order valence-corrected chi connectivity index (χ4v) is 3.97. The molecule has 2 aromatic carbocycles. The standard InChI is InChI=1S/C27H35FO4/c1-3-5-6-7-8-10-20-11-14-23(15-12-20)32-26(29)22-13-16-24(25(28)17-22)27-30-18-21(9-4-2)19-31-27/h11-17,21,27H,3-10,18-19H2,1-2H3. The van der Waals surface area contributed by atoms with E-state index in [1.54, 1.807) is 24.3 Å². The van der Waals surface area contributed by atoms with Crippen molar-refractivity contribution >= 4 is 5.97 Å². The zero-order valence-electron chi connectivity index (χ0n) is 19.3. The van der Waals surface area contributed by atoms with Crippen LogP contribution < -0.4 is 4.74 Å². The van der Waals surface area contributed by atoms with Crippen LogP contribution in [0.1, 0.15) is 86.6 Å². The van der Waals surface area contributed by atoms with Crippen molar-refractivity contribution in [3.63, 3.8) is 0 Å². The normalized spacial score (nSPS) is 18.5. The third kappa shape index (κ3) is 7.14. The fourth-order valence-electron chi connectivity index (χ4n) is 3.97. The lowest BCUT2D eigenvalue weighted by Gasteiger charge is -2.29. The van der Waals surface area contributed by atoms with Gasteiger partial charge in [0.1, 0.15) is 11.6 Å². The van der Waals surface area contributed by atoms with Crippen LogP contribution in [0.2, 0.25) is 0 Å². The summed E-state index contributed by atoms with van der Waals surface area (Å²) in [5.41, 5.74) is 1.69. The Morgan fingerprint density at radius 3 is 2.34 bits per heavy atom. The van der Waals surface area contributed by atoms with E-state index in [0.29, 0.717) is 30.4 Å². The molecule has 1 aliphatic heterocycles. The van der Waals surface area contributed by atoms with Crippen LogP contribution in [0.25, 0.3) is 0 Å². The molecule has 174 valence electrons. The van der Waals surface area contributed by atoms with Gasteiger partial charge in [-0.2, -0.15) is 0 Å². The van der Waals surface area contributed by atoms with Gasteiger partial charge in [-0.25, -0.2) is 9.18 Å². The quantitative estimate of drug-likeness (QED) is 0.213. The molecule has 1 heterocycles. The molecule has 0 bridgehead atoms. The average molecular weight is 443 g/mol. The summed E-state index contributed by atoms with van der Waals surface area (Å²) in [6.45, 7) is 5.44. The number of benzene rings is 2. The highest BCUT2D eigenvalue weighted by atomic mass is 19.1. The van der Waals surface area contributed by atoms with Gasteiger partial charge in [-0.05, 0) is 49.1 Å². The van der Waals surface area contributed by atoms with E-state index >= 15 is 0 Å². The number of halogens is 1. The van der Waals surface area contributed by atoms with Gasteiger partial charge < -0.3 is 14.2 Å². The van der Waals surface area contributed by atoms with Crippen molar-refractivity contribution < 1.29 is 23.4 Å². The smallest absolute Gasteiger partial charge is 0.343 e. The van der Waals surface area contributed by atoms with E-state index in [-0.39, 0.29) is 5.56 Å². The summed E-state index contributed by atoms with van der Waals surface area (Å²) in [4.78, 5) is 12.5. The fraction of sp³-hybridized carbons (Fsp3) is 0.519. The second kappa shape index (κ2) is 12.7. The molecule has 32 heavy (non-hydrogen) atoms. The first-order valence-corrected chi connectivity index (χ1v) is 11.9. The Hall–Kier alpha value is -2.24. The summed E-state index contributed by atoms with van der Waals surface area (Å²) in [6.07, 6.45) is 8.60. The lowest BCUT2D eigenvalue weighted by atomic mass is 10.0. The number of carbonyl (C=O) groups excluding carboxylic acids is 1. The number of carbonyl (C=O) groups is 1. The van der Waals surface area contributed by atoms with Crippen molar-refractivity contribution in [3.05, 3.63) is 65.0 Å². The minimum Gasteiger partial charge on any atom is -0.423 e. The predicted molar refractivity (Wildman–Crippen MR) is 123 cm³/mol. The Kier molecular flexibility index (Phi) is 9.69. The van der Waals surface area contributed by atoms with Crippen LogP contribution in [-0.4, -0.2) is 19.2 Å². The Labute approximate surface area is 191 Å². The van der Waals surface area contributed by atoms with Crippen molar-refractivity contribution in [2.75, 3.05) is 13.2 Å². The monoisotopic (exact) mass is 442 g/mol. The highest BCUT2D eigenvalue weighted by Gasteiger charge is 2.26. The summed E-state index contributed by atoms with van der Waals surface area (Å²) >= 11 is 0. The molecule has 2 aromatic rings. The number of unbranched alkanes of at least 4 members (excludes halogenated alkanes) is 4. The summed E-state index contributed by atoms with van der Waals surface area (Å²) in [5.74, 6) is -0.316. The Morgan fingerprint density at radius 2 is 1.69 bits per heavy atom. The predicted octanol–water partition coefficient (Wildman–Crippen LogP) is 7.02. The lowest BCUT2D eigenvalue weighted by molar-refractivity contribution is -0.207. The molecule has 5 heteroatoms. The van der Waals surface area contributed by atoms with Crippen LogP contribution in [-0.2, 0) is 15.9 Å². The molecule has 0 aromatic heterocycles. The van der Waals surface area contributed by atoms with Crippen LogP contribution in [0.5, 0.6) is 5.75 Å². The van der Waals surface area contributed by atoms with Crippen molar-refractivity contribution in [2.24, 2.45) is 5.92 Å². The van der Waals surface area contributed by atoms with E-state index < -0.39 is 18.1 Å². The van der Waals surface area contributed by atoms with E-state index in [9.17, 15) is 9.18 Å². The van der Waals surface area contributed by atoms with Gasteiger partial charge in [0.2, 0.25) is 0 Å². The molecule has 0 spiro atoms. The number of hydrogen-bond acceptors (Lipinski definition) is 4. The van der Waals surface area contributed by atoms with Gasteiger partial charge in [-0.1, -0.05) is 64.2 Å². The number of esters is 1. The molecule has 0 amide bonds. The maximum absolute atomic E-state index is 14.7. The van der Waals surface area contributed by atoms with Crippen LogP contribution in [0.3, 0.4) is 0 Å². The molecule has 1 saturated heterocycles. The number of rotatable bonds is 11. The van der Waals surface area contributed by atoms with Gasteiger partial charge in [0, 0.05) is 11.5 Å².